The number of hydrogen-bond donors (Lipinski definition) is 0. The van der Waals surface area contributed by atoms with Crippen LogP contribution in [0.25, 0.3) is 0 Å². The van der Waals surface area contributed by atoms with Crippen molar-refractivity contribution >= 4 is 29.5 Å². The fourth-order valence-electron chi connectivity index (χ4n) is 0.342. The van der Waals surface area contributed by atoms with Crippen LogP contribution in [0.3, 0.4) is 0 Å². The SMILES string of the molecule is [Cl][V]([Cl])[Cl].[c-]1ccccc1. The van der Waals surface area contributed by atoms with Gasteiger partial charge in [0.25, 0.3) is 0 Å². The summed E-state index contributed by atoms with van der Waals surface area (Å²) in [5.41, 5.74) is 0. The van der Waals surface area contributed by atoms with Gasteiger partial charge < -0.3 is 0 Å². The first kappa shape index (κ1) is 10.7. The summed E-state index contributed by atoms with van der Waals surface area (Å²) in [7, 11) is 14.9. The minimum Gasteiger partial charge on any atom is -0.184 e. The van der Waals surface area contributed by atoms with Crippen molar-refractivity contribution in [3.63, 3.8) is 0 Å². The molecule has 0 radical (unpaired) electrons. The van der Waals surface area contributed by atoms with E-state index in [1.165, 1.54) is 0 Å². The Morgan fingerprint density at radius 2 is 1.30 bits per heavy atom. The number of benzene rings is 1. The van der Waals surface area contributed by atoms with E-state index in [0.29, 0.717) is 0 Å². The molecule has 0 saturated carbocycles. The van der Waals surface area contributed by atoms with Crippen LogP contribution in [0.5, 0.6) is 0 Å². The molecule has 0 heterocycles. The van der Waals surface area contributed by atoms with Crippen LogP contribution in [0.1, 0.15) is 0 Å². The van der Waals surface area contributed by atoms with Gasteiger partial charge in [0, 0.05) is 0 Å². The van der Waals surface area contributed by atoms with Gasteiger partial charge in [0.15, 0.2) is 0 Å². The van der Waals surface area contributed by atoms with E-state index in [1.54, 1.807) is 0 Å². The first-order valence-electron chi connectivity index (χ1n) is 2.42. The maximum absolute atomic E-state index is 4.95. The summed E-state index contributed by atoms with van der Waals surface area (Å²) in [5.74, 6) is 0. The first-order valence-corrected chi connectivity index (χ1v) is 8.18. The average Bonchev–Trinajstić information content (AvgIpc) is 1.90. The van der Waals surface area contributed by atoms with Crippen LogP contribution in [0.4, 0.5) is 0 Å². The van der Waals surface area contributed by atoms with Gasteiger partial charge in [0.1, 0.15) is 0 Å². The third-order valence-electron chi connectivity index (χ3n) is 0.607. The Kier molecular flexibility index (Phi) is 8.30. The summed E-state index contributed by atoms with van der Waals surface area (Å²) >= 11 is -1.77. The zero-order valence-electron chi connectivity index (χ0n) is 4.97. The number of halogens is 3. The van der Waals surface area contributed by atoms with Gasteiger partial charge in [0.2, 0.25) is 0 Å². The van der Waals surface area contributed by atoms with Gasteiger partial charge in [0.05, 0.1) is 0 Å². The van der Waals surface area contributed by atoms with Gasteiger partial charge in [-0.2, -0.15) is 36.4 Å². The molecule has 10 heavy (non-hydrogen) atoms. The summed E-state index contributed by atoms with van der Waals surface area (Å²) in [5, 5.41) is 0. The molecule has 0 spiro atoms. The molecule has 0 N–H and O–H groups in total. The average molecular weight is 234 g/mol. The molecule has 0 amide bonds. The molecular weight excluding hydrogens is 229 g/mol. The topological polar surface area (TPSA) is 0 Å². The third-order valence-corrected chi connectivity index (χ3v) is 0.607. The number of rotatable bonds is 0. The Morgan fingerprint density at radius 3 is 1.40 bits per heavy atom. The van der Waals surface area contributed by atoms with Gasteiger partial charge in [-0.3, -0.25) is 0 Å². The minimum absolute atomic E-state index is 1.77. The van der Waals surface area contributed by atoms with E-state index >= 15 is 0 Å². The van der Waals surface area contributed by atoms with Crippen LogP contribution in [-0.4, -0.2) is 0 Å². The van der Waals surface area contributed by atoms with Crippen molar-refractivity contribution < 1.29 is 12.3 Å². The van der Waals surface area contributed by atoms with E-state index < -0.39 is 12.3 Å². The Labute approximate surface area is 77.9 Å². The van der Waals surface area contributed by atoms with Crippen LogP contribution >= 0.6 is 29.5 Å². The molecule has 0 saturated heterocycles. The van der Waals surface area contributed by atoms with Gasteiger partial charge in [-0.05, 0) is 0 Å². The second-order valence-corrected chi connectivity index (χ2v) is 8.19. The zero-order valence-corrected chi connectivity index (χ0v) is 8.63. The maximum Gasteiger partial charge on any atom is -0.171 e. The molecule has 0 nitrogen and oxygen atoms in total. The van der Waals surface area contributed by atoms with Crippen molar-refractivity contribution in [3.8, 4) is 0 Å². The molecule has 0 aliphatic carbocycles. The monoisotopic (exact) mass is 233 g/mol. The van der Waals surface area contributed by atoms with E-state index in [4.69, 9.17) is 29.5 Å². The zero-order chi connectivity index (χ0) is 7.82. The number of hydrogen-bond acceptors (Lipinski definition) is 0. The molecule has 1 aromatic rings. The molecule has 0 aliphatic rings. The van der Waals surface area contributed by atoms with E-state index in [-0.39, 0.29) is 0 Å². The van der Waals surface area contributed by atoms with E-state index in [9.17, 15) is 0 Å². The molecule has 0 bridgehead atoms. The summed E-state index contributed by atoms with van der Waals surface area (Å²) in [6.07, 6.45) is 0. The summed E-state index contributed by atoms with van der Waals surface area (Å²) in [6, 6.07) is 12.5. The van der Waals surface area contributed by atoms with E-state index in [1.807, 2.05) is 30.3 Å². The molecule has 0 unspecified atom stereocenters. The minimum atomic E-state index is -1.77. The molecule has 1 rings (SSSR count). The third kappa shape index (κ3) is 11.5. The molecule has 1 aromatic carbocycles. The quantitative estimate of drug-likeness (QED) is 0.602. The fraction of sp³-hybridized carbons (Fsp3) is 0. The first-order chi connectivity index (χ1) is 4.73. The maximum atomic E-state index is 4.95. The molecular formula is C6H5Cl3V-. The molecule has 56 valence electrons. The Balaban J connectivity index is 0.000000180. The Bertz CT molecular complexity index is 113. The molecule has 0 aromatic heterocycles. The van der Waals surface area contributed by atoms with Gasteiger partial charge in [-0.1, -0.05) is 0 Å². The van der Waals surface area contributed by atoms with Gasteiger partial charge in [-0.15, -0.1) is 0 Å². The molecule has 4 heteroatoms. The second-order valence-electron chi connectivity index (χ2n) is 1.27. The normalized spacial score (nSPS) is 8.40. The van der Waals surface area contributed by atoms with E-state index in [0.717, 1.165) is 0 Å². The van der Waals surface area contributed by atoms with Crippen LogP contribution in [-0.2, 0) is 12.3 Å². The van der Waals surface area contributed by atoms with Crippen molar-refractivity contribution in [3.05, 3.63) is 36.4 Å². The van der Waals surface area contributed by atoms with Crippen LogP contribution < -0.4 is 0 Å². The molecule has 0 fully saturated rings. The van der Waals surface area contributed by atoms with Crippen LogP contribution in [0.15, 0.2) is 30.3 Å². The van der Waals surface area contributed by atoms with Crippen molar-refractivity contribution in [2.24, 2.45) is 0 Å². The predicted octanol–water partition coefficient (Wildman–Crippen LogP) is 3.55. The summed E-state index contributed by atoms with van der Waals surface area (Å²) in [4.78, 5) is 0. The van der Waals surface area contributed by atoms with Crippen LogP contribution in [0.2, 0.25) is 0 Å². The van der Waals surface area contributed by atoms with Crippen molar-refractivity contribution in [2.45, 2.75) is 0 Å². The van der Waals surface area contributed by atoms with Gasteiger partial charge >= 0.3 is 41.8 Å². The van der Waals surface area contributed by atoms with Gasteiger partial charge in [-0.25, -0.2) is 0 Å². The summed E-state index contributed by atoms with van der Waals surface area (Å²) < 4.78 is 0. The van der Waals surface area contributed by atoms with Crippen molar-refractivity contribution in [2.75, 3.05) is 0 Å². The standard InChI is InChI=1S/C6H5.3ClH.V/c1-2-4-6-5-3-1;;;;/h1-5H;3*1H;/q-1;;;;+3/p-3. The van der Waals surface area contributed by atoms with Crippen molar-refractivity contribution in [1.29, 1.82) is 0 Å². The molecule has 0 aliphatic heterocycles. The second kappa shape index (κ2) is 7.78. The Morgan fingerprint density at radius 1 is 0.900 bits per heavy atom. The van der Waals surface area contributed by atoms with Crippen molar-refractivity contribution in [1.82, 2.24) is 0 Å². The molecule has 0 atom stereocenters. The Hall–Kier alpha value is 0.674. The van der Waals surface area contributed by atoms with Crippen LogP contribution in [0, 0.1) is 6.07 Å². The smallest absolute Gasteiger partial charge is 0.171 e. The summed E-state index contributed by atoms with van der Waals surface area (Å²) in [6.45, 7) is 0. The fourth-order valence-corrected chi connectivity index (χ4v) is 0.342. The van der Waals surface area contributed by atoms with E-state index in [2.05, 4.69) is 6.07 Å². The largest absolute Gasteiger partial charge is 0.184 e. The predicted molar refractivity (Wildman–Crippen MR) is 42.8 cm³/mol.